The van der Waals surface area contributed by atoms with E-state index in [0.717, 1.165) is 30.8 Å². The molecule has 2 aliphatic rings. The van der Waals surface area contributed by atoms with Crippen molar-refractivity contribution >= 4 is 17.4 Å². The quantitative estimate of drug-likeness (QED) is 0.760. The van der Waals surface area contributed by atoms with Gasteiger partial charge in [0, 0.05) is 44.9 Å². The summed E-state index contributed by atoms with van der Waals surface area (Å²) in [6, 6.07) is 7.77. The number of ketones is 1. The molecule has 1 fully saturated rings. The van der Waals surface area contributed by atoms with Gasteiger partial charge in [0.25, 0.3) is 0 Å². The van der Waals surface area contributed by atoms with Gasteiger partial charge in [0.2, 0.25) is 5.91 Å². The Bertz CT molecular complexity index is 532. The van der Waals surface area contributed by atoms with E-state index in [9.17, 15) is 9.59 Å². The standard InChI is InChI=1S/C15H17N2O2.Y/c1-11(18)9-17-13-6-3-2-5-12(13)10-16-8-4-7-14(16)15(17)19;/h2-6,14H,7-10H2,1H3;/q-1;. The summed E-state index contributed by atoms with van der Waals surface area (Å²) in [5.41, 5.74) is 2.01. The first-order valence-electron chi connectivity index (χ1n) is 6.61. The summed E-state index contributed by atoms with van der Waals surface area (Å²) in [7, 11) is 0. The van der Waals surface area contributed by atoms with Gasteiger partial charge in [0.1, 0.15) is 5.78 Å². The van der Waals surface area contributed by atoms with Gasteiger partial charge in [-0.1, -0.05) is 18.2 Å². The van der Waals surface area contributed by atoms with Crippen molar-refractivity contribution in [1.29, 1.82) is 0 Å². The SMILES string of the molecule is CC(=O)CN1C(=O)C2C[CH-]CN2Cc2ccccc21.[Y]. The number of carbonyl (C=O) groups is 2. The number of hydrogen-bond donors (Lipinski definition) is 0. The summed E-state index contributed by atoms with van der Waals surface area (Å²) in [6.07, 6.45) is 2.92. The number of anilines is 1. The summed E-state index contributed by atoms with van der Waals surface area (Å²) >= 11 is 0. The molecule has 3 rings (SSSR count). The minimum Gasteiger partial charge on any atom is -0.320 e. The van der Waals surface area contributed by atoms with Crippen molar-refractivity contribution in [3.8, 4) is 0 Å². The van der Waals surface area contributed by atoms with Crippen LogP contribution in [0.25, 0.3) is 0 Å². The molecule has 1 amide bonds. The van der Waals surface area contributed by atoms with Crippen LogP contribution in [0, 0.1) is 6.42 Å². The molecule has 1 aromatic carbocycles. The molecule has 5 heteroatoms. The van der Waals surface area contributed by atoms with E-state index < -0.39 is 0 Å². The van der Waals surface area contributed by atoms with Crippen LogP contribution < -0.4 is 4.90 Å². The number of amides is 1. The van der Waals surface area contributed by atoms with Gasteiger partial charge in [0.05, 0.1) is 12.6 Å². The van der Waals surface area contributed by atoms with Gasteiger partial charge >= 0.3 is 0 Å². The Morgan fingerprint density at radius 3 is 2.90 bits per heavy atom. The van der Waals surface area contributed by atoms with E-state index in [-0.39, 0.29) is 57.0 Å². The van der Waals surface area contributed by atoms with Gasteiger partial charge in [0.15, 0.2) is 0 Å². The van der Waals surface area contributed by atoms with Crippen molar-refractivity contribution < 1.29 is 42.3 Å². The van der Waals surface area contributed by atoms with E-state index in [1.807, 2.05) is 24.3 Å². The zero-order valence-corrected chi connectivity index (χ0v) is 14.4. The topological polar surface area (TPSA) is 40.6 Å². The third kappa shape index (κ3) is 2.88. The molecule has 0 saturated carbocycles. The average Bonchev–Trinajstić information content (AvgIpc) is 2.80. The predicted molar refractivity (Wildman–Crippen MR) is 72.6 cm³/mol. The molecule has 0 bridgehead atoms. The molecule has 1 unspecified atom stereocenters. The van der Waals surface area contributed by atoms with Crippen LogP contribution in [0.4, 0.5) is 5.69 Å². The van der Waals surface area contributed by atoms with Gasteiger partial charge in [-0.05, 0) is 18.6 Å². The zero-order valence-electron chi connectivity index (χ0n) is 11.6. The summed E-state index contributed by atoms with van der Waals surface area (Å²) in [5, 5.41) is 0. The van der Waals surface area contributed by atoms with Crippen LogP contribution in [0.15, 0.2) is 24.3 Å². The number of rotatable bonds is 2. The number of carbonyl (C=O) groups excluding carboxylic acids is 2. The number of benzene rings is 1. The van der Waals surface area contributed by atoms with Crippen LogP contribution in [0.5, 0.6) is 0 Å². The number of nitrogens with zero attached hydrogens (tertiary/aromatic N) is 2. The van der Waals surface area contributed by atoms with Crippen molar-refractivity contribution in [2.75, 3.05) is 18.0 Å². The molecule has 1 atom stereocenters. The van der Waals surface area contributed by atoms with E-state index in [4.69, 9.17) is 0 Å². The second-order valence-electron chi connectivity index (χ2n) is 5.22. The number of hydrogen-bond acceptors (Lipinski definition) is 3. The zero-order chi connectivity index (χ0) is 13.4. The Morgan fingerprint density at radius 1 is 1.40 bits per heavy atom. The van der Waals surface area contributed by atoms with Gasteiger partial charge in [-0.3, -0.25) is 9.59 Å². The third-order valence-electron chi connectivity index (χ3n) is 3.78. The Labute approximate surface area is 144 Å². The number of Topliss-reactive ketones (excluding diaryl/α,β-unsaturated/α-hetero) is 1. The maximum Gasteiger partial charge on any atom is 0.242 e. The van der Waals surface area contributed by atoms with Crippen LogP contribution in [0.1, 0.15) is 18.9 Å². The fraction of sp³-hybridized carbons (Fsp3) is 0.400. The summed E-state index contributed by atoms with van der Waals surface area (Å²) in [6.45, 7) is 3.32. The minimum atomic E-state index is -0.105. The maximum absolute atomic E-state index is 12.6. The first kappa shape index (κ1) is 15.8. The van der Waals surface area contributed by atoms with Crippen molar-refractivity contribution in [3.05, 3.63) is 36.2 Å². The summed E-state index contributed by atoms with van der Waals surface area (Å²) in [5.74, 6) is 0.0625. The molecular formula is C15H17N2O2Y-. The van der Waals surface area contributed by atoms with Crippen molar-refractivity contribution in [2.24, 2.45) is 0 Å². The second-order valence-corrected chi connectivity index (χ2v) is 5.22. The van der Waals surface area contributed by atoms with Gasteiger partial charge < -0.3 is 16.2 Å². The molecule has 0 N–H and O–H groups in total. The molecule has 0 spiro atoms. The van der Waals surface area contributed by atoms with Crippen LogP contribution in [-0.2, 0) is 48.8 Å². The van der Waals surface area contributed by atoms with E-state index in [1.54, 1.807) is 4.90 Å². The van der Waals surface area contributed by atoms with Crippen LogP contribution in [0.2, 0.25) is 0 Å². The molecular weight excluding hydrogens is 329 g/mol. The van der Waals surface area contributed by atoms with E-state index in [1.165, 1.54) is 6.92 Å². The smallest absolute Gasteiger partial charge is 0.242 e. The largest absolute Gasteiger partial charge is 0.320 e. The Kier molecular flexibility index (Phi) is 5.11. The molecule has 2 heterocycles. The van der Waals surface area contributed by atoms with E-state index in [2.05, 4.69) is 11.3 Å². The molecule has 1 aromatic rings. The molecule has 2 aliphatic heterocycles. The Morgan fingerprint density at radius 2 is 2.15 bits per heavy atom. The maximum atomic E-state index is 12.6. The molecule has 0 aromatic heterocycles. The molecule has 0 aliphatic carbocycles. The number of para-hydroxylation sites is 1. The normalized spacial score (nSPS) is 21.8. The van der Waals surface area contributed by atoms with Crippen LogP contribution in [-0.4, -0.2) is 35.7 Å². The molecule has 1 saturated heterocycles. The Balaban J connectivity index is 0.00000147. The van der Waals surface area contributed by atoms with E-state index >= 15 is 0 Å². The van der Waals surface area contributed by atoms with Gasteiger partial charge in [-0.15, -0.1) is 6.54 Å². The summed E-state index contributed by atoms with van der Waals surface area (Å²) < 4.78 is 0. The van der Waals surface area contributed by atoms with E-state index in [0.29, 0.717) is 0 Å². The first-order valence-corrected chi connectivity index (χ1v) is 6.61. The third-order valence-corrected chi connectivity index (χ3v) is 3.78. The van der Waals surface area contributed by atoms with Crippen LogP contribution in [0.3, 0.4) is 0 Å². The fourth-order valence-electron chi connectivity index (χ4n) is 2.92. The molecule has 4 nitrogen and oxygen atoms in total. The van der Waals surface area contributed by atoms with Crippen molar-refractivity contribution in [1.82, 2.24) is 4.90 Å². The first-order chi connectivity index (χ1) is 9.16. The van der Waals surface area contributed by atoms with Gasteiger partial charge in [-0.2, -0.15) is 6.42 Å². The fourth-order valence-corrected chi connectivity index (χ4v) is 2.92. The summed E-state index contributed by atoms with van der Waals surface area (Å²) in [4.78, 5) is 27.9. The second kappa shape index (κ2) is 6.46. The predicted octanol–water partition coefficient (Wildman–Crippen LogP) is 1.40. The molecule has 1 radical (unpaired) electrons. The molecule has 20 heavy (non-hydrogen) atoms. The van der Waals surface area contributed by atoms with Crippen molar-refractivity contribution in [2.45, 2.75) is 25.9 Å². The van der Waals surface area contributed by atoms with Crippen molar-refractivity contribution in [3.63, 3.8) is 0 Å². The molecule has 103 valence electrons. The number of fused-ring (bicyclic) bond motifs is 2. The monoisotopic (exact) mass is 346 g/mol. The Hall–Kier alpha value is -0.576. The minimum absolute atomic E-state index is 0. The van der Waals surface area contributed by atoms with Crippen LogP contribution >= 0.6 is 0 Å². The average molecular weight is 346 g/mol. The van der Waals surface area contributed by atoms with Gasteiger partial charge in [-0.25, -0.2) is 0 Å².